The standard InChI is InChI=1S/C17H17F3N4O2/c18-17(19,20)13-8-14(23-15(22-13)12-2-1-4-21-9-12)24-5-7-26-16(10-24)3-6-25-11-16/h1-2,4,8-9H,3,5-7,10-11H2. The summed E-state index contributed by atoms with van der Waals surface area (Å²) < 4.78 is 51.3. The summed E-state index contributed by atoms with van der Waals surface area (Å²) >= 11 is 0. The van der Waals surface area contributed by atoms with Crippen molar-refractivity contribution in [1.29, 1.82) is 0 Å². The van der Waals surface area contributed by atoms with Crippen LogP contribution >= 0.6 is 0 Å². The SMILES string of the molecule is FC(F)(F)c1cc(N2CCOC3(CCOC3)C2)nc(-c2cccnc2)n1. The Bertz CT molecular complexity index is 779. The summed E-state index contributed by atoms with van der Waals surface area (Å²) in [6.07, 6.45) is -0.847. The van der Waals surface area contributed by atoms with Crippen LogP contribution in [0.25, 0.3) is 11.4 Å². The third-order valence-corrected chi connectivity index (χ3v) is 4.56. The van der Waals surface area contributed by atoms with E-state index < -0.39 is 17.5 Å². The van der Waals surface area contributed by atoms with Gasteiger partial charge in [0.1, 0.15) is 11.4 Å². The monoisotopic (exact) mass is 366 g/mol. The molecule has 0 N–H and O–H groups in total. The van der Waals surface area contributed by atoms with Gasteiger partial charge in [0, 0.05) is 43.6 Å². The number of halogens is 3. The minimum atomic E-state index is -4.56. The first kappa shape index (κ1) is 17.2. The average Bonchev–Trinajstić information content (AvgIpc) is 3.09. The second-order valence-corrected chi connectivity index (χ2v) is 6.43. The predicted octanol–water partition coefficient (Wildman–Crippen LogP) is 2.55. The Morgan fingerprint density at radius 1 is 1.19 bits per heavy atom. The summed E-state index contributed by atoms with van der Waals surface area (Å²) in [4.78, 5) is 13.8. The Kier molecular flexibility index (Phi) is 4.28. The molecule has 4 heterocycles. The van der Waals surface area contributed by atoms with E-state index in [1.165, 1.54) is 6.20 Å². The molecule has 2 aromatic rings. The summed E-state index contributed by atoms with van der Waals surface area (Å²) in [5.41, 5.74) is -1.01. The van der Waals surface area contributed by atoms with Crippen molar-refractivity contribution in [3.63, 3.8) is 0 Å². The molecular weight excluding hydrogens is 349 g/mol. The van der Waals surface area contributed by atoms with Gasteiger partial charge in [0.15, 0.2) is 11.5 Å². The van der Waals surface area contributed by atoms with E-state index >= 15 is 0 Å². The summed E-state index contributed by atoms with van der Waals surface area (Å²) in [6.45, 7) is 2.34. The number of alkyl halides is 3. The first-order chi connectivity index (χ1) is 12.5. The highest BCUT2D eigenvalue weighted by Crippen LogP contribution is 2.34. The minimum absolute atomic E-state index is 0.00568. The molecule has 1 atom stereocenters. The van der Waals surface area contributed by atoms with E-state index in [2.05, 4.69) is 15.0 Å². The molecule has 0 aliphatic carbocycles. The zero-order valence-corrected chi connectivity index (χ0v) is 13.9. The van der Waals surface area contributed by atoms with E-state index in [0.29, 0.717) is 38.5 Å². The zero-order chi connectivity index (χ0) is 18.2. The molecule has 2 fully saturated rings. The fourth-order valence-corrected chi connectivity index (χ4v) is 3.23. The van der Waals surface area contributed by atoms with Gasteiger partial charge in [-0.25, -0.2) is 9.97 Å². The summed E-state index contributed by atoms with van der Waals surface area (Å²) in [5.74, 6) is 0.242. The molecule has 2 aliphatic rings. The molecule has 26 heavy (non-hydrogen) atoms. The highest BCUT2D eigenvalue weighted by atomic mass is 19.4. The molecule has 138 valence electrons. The van der Waals surface area contributed by atoms with Crippen molar-refractivity contribution in [3.05, 3.63) is 36.3 Å². The highest BCUT2D eigenvalue weighted by molar-refractivity contribution is 5.57. The number of hydrogen-bond donors (Lipinski definition) is 0. The zero-order valence-electron chi connectivity index (χ0n) is 13.9. The summed E-state index contributed by atoms with van der Waals surface area (Å²) in [5, 5.41) is 0. The molecule has 9 heteroatoms. The van der Waals surface area contributed by atoms with Gasteiger partial charge >= 0.3 is 6.18 Å². The van der Waals surface area contributed by atoms with Gasteiger partial charge in [0.05, 0.1) is 19.8 Å². The maximum absolute atomic E-state index is 13.4. The van der Waals surface area contributed by atoms with Crippen molar-refractivity contribution in [3.8, 4) is 11.4 Å². The molecule has 0 radical (unpaired) electrons. The maximum Gasteiger partial charge on any atom is 0.433 e. The Morgan fingerprint density at radius 2 is 2.08 bits per heavy atom. The van der Waals surface area contributed by atoms with Crippen molar-refractivity contribution in [2.24, 2.45) is 0 Å². The van der Waals surface area contributed by atoms with Crippen molar-refractivity contribution in [1.82, 2.24) is 15.0 Å². The van der Waals surface area contributed by atoms with Crippen LogP contribution in [-0.2, 0) is 15.7 Å². The van der Waals surface area contributed by atoms with Crippen LogP contribution in [0.3, 0.4) is 0 Å². The fraction of sp³-hybridized carbons (Fsp3) is 0.471. The quantitative estimate of drug-likeness (QED) is 0.814. The highest BCUT2D eigenvalue weighted by Gasteiger charge is 2.41. The van der Waals surface area contributed by atoms with Crippen LogP contribution in [0.5, 0.6) is 0 Å². The smallest absolute Gasteiger partial charge is 0.378 e. The van der Waals surface area contributed by atoms with Gasteiger partial charge in [-0.2, -0.15) is 13.2 Å². The number of anilines is 1. The Morgan fingerprint density at radius 3 is 2.77 bits per heavy atom. The van der Waals surface area contributed by atoms with Gasteiger partial charge in [-0.3, -0.25) is 4.98 Å². The molecule has 6 nitrogen and oxygen atoms in total. The van der Waals surface area contributed by atoms with E-state index in [-0.39, 0.29) is 11.6 Å². The van der Waals surface area contributed by atoms with Crippen LogP contribution in [0.15, 0.2) is 30.6 Å². The number of morpholine rings is 1. The van der Waals surface area contributed by atoms with Gasteiger partial charge in [0.2, 0.25) is 0 Å². The maximum atomic E-state index is 13.4. The molecule has 0 amide bonds. The molecular formula is C17H17F3N4O2. The van der Waals surface area contributed by atoms with E-state index in [1.54, 1.807) is 18.3 Å². The second kappa shape index (κ2) is 6.48. The predicted molar refractivity (Wildman–Crippen MR) is 86.6 cm³/mol. The number of aromatic nitrogens is 3. The number of hydrogen-bond acceptors (Lipinski definition) is 6. The topological polar surface area (TPSA) is 60.4 Å². The lowest BCUT2D eigenvalue weighted by molar-refractivity contribution is -0.141. The molecule has 2 aromatic heterocycles. The van der Waals surface area contributed by atoms with E-state index in [0.717, 1.165) is 12.5 Å². The largest absolute Gasteiger partial charge is 0.433 e. The lowest BCUT2D eigenvalue weighted by Gasteiger charge is -2.40. The van der Waals surface area contributed by atoms with Gasteiger partial charge in [-0.15, -0.1) is 0 Å². The summed E-state index contributed by atoms with van der Waals surface area (Å²) in [7, 11) is 0. The summed E-state index contributed by atoms with van der Waals surface area (Å²) in [6, 6.07) is 4.27. The Labute approximate surface area is 148 Å². The van der Waals surface area contributed by atoms with Gasteiger partial charge < -0.3 is 14.4 Å². The lowest BCUT2D eigenvalue weighted by Crippen LogP contribution is -2.52. The van der Waals surface area contributed by atoms with Gasteiger partial charge in [0.25, 0.3) is 0 Å². The van der Waals surface area contributed by atoms with Crippen molar-refractivity contribution in [2.45, 2.75) is 18.2 Å². The van der Waals surface area contributed by atoms with Crippen molar-refractivity contribution in [2.75, 3.05) is 37.8 Å². The number of pyridine rings is 1. The molecule has 2 aliphatic heterocycles. The van der Waals surface area contributed by atoms with Crippen LogP contribution in [0, 0.1) is 0 Å². The average molecular weight is 366 g/mol. The van der Waals surface area contributed by atoms with E-state index in [4.69, 9.17) is 9.47 Å². The van der Waals surface area contributed by atoms with Crippen LogP contribution in [0.1, 0.15) is 12.1 Å². The van der Waals surface area contributed by atoms with Crippen LogP contribution in [-0.4, -0.2) is 53.5 Å². The van der Waals surface area contributed by atoms with Gasteiger partial charge in [-0.1, -0.05) is 0 Å². The molecule has 0 saturated carbocycles. The van der Waals surface area contributed by atoms with Gasteiger partial charge in [-0.05, 0) is 12.1 Å². The molecule has 1 unspecified atom stereocenters. The third-order valence-electron chi connectivity index (χ3n) is 4.56. The normalized spacial score (nSPS) is 23.6. The minimum Gasteiger partial charge on any atom is -0.378 e. The third kappa shape index (κ3) is 3.36. The van der Waals surface area contributed by atoms with Crippen LogP contribution in [0.4, 0.5) is 19.0 Å². The first-order valence-corrected chi connectivity index (χ1v) is 8.29. The number of nitrogens with zero attached hydrogens (tertiary/aromatic N) is 4. The molecule has 4 rings (SSSR count). The Hall–Kier alpha value is -2.26. The second-order valence-electron chi connectivity index (χ2n) is 6.43. The molecule has 2 saturated heterocycles. The van der Waals surface area contributed by atoms with Crippen molar-refractivity contribution < 1.29 is 22.6 Å². The van der Waals surface area contributed by atoms with Crippen LogP contribution in [0.2, 0.25) is 0 Å². The molecule has 1 spiro atoms. The molecule has 0 aromatic carbocycles. The fourth-order valence-electron chi connectivity index (χ4n) is 3.23. The lowest BCUT2D eigenvalue weighted by atomic mass is 10.0. The molecule has 0 bridgehead atoms. The van der Waals surface area contributed by atoms with Crippen molar-refractivity contribution >= 4 is 5.82 Å². The Balaban J connectivity index is 1.73. The van der Waals surface area contributed by atoms with Crippen LogP contribution < -0.4 is 4.90 Å². The number of ether oxygens (including phenoxy) is 2. The number of rotatable bonds is 2. The first-order valence-electron chi connectivity index (χ1n) is 8.29. The van der Waals surface area contributed by atoms with E-state index in [1.807, 2.05) is 4.90 Å². The van der Waals surface area contributed by atoms with E-state index in [9.17, 15) is 13.2 Å².